The lowest BCUT2D eigenvalue weighted by atomic mass is 9.96. The number of carbonyl (C=O) groups excluding carboxylic acids is 1. The summed E-state index contributed by atoms with van der Waals surface area (Å²) in [7, 11) is -1.81. The second-order valence-corrected chi connectivity index (χ2v) is 9.85. The Morgan fingerprint density at radius 2 is 2.11 bits per heavy atom. The van der Waals surface area contributed by atoms with Gasteiger partial charge < -0.3 is 4.90 Å². The molecule has 146 valence electrons. The van der Waals surface area contributed by atoms with Crippen molar-refractivity contribution in [1.82, 2.24) is 14.6 Å². The molecule has 0 saturated carbocycles. The fourth-order valence-electron chi connectivity index (χ4n) is 3.49. The molecule has 0 radical (unpaired) electrons. The molecule has 0 saturated heterocycles. The first-order valence-electron chi connectivity index (χ1n) is 9.08. The first-order chi connectivity index (χ1) is 12.7. The van der Waals surface area contributed by atoms with Crippen molar-refractivity contribution in [3.8, 4) is 0 Å². The minimum atomic E-state index is -3.61. The van der Waals surface area contributed by atoms with Crippen LogP contribution in [0.5, 0.6) is 0 Å². The smallest absolute Gasteiger partial charge is 0.254 e. The fraction of sp³-hybridized carbons (Fsp3) is 0.474. The highest BCUT2D eigenvalue weighted by atomic mass is 32.2. The minimum Gasteiger partial charge on any atom is -0.334 e. The van der Waals surface area contributed by atoms with Crippen molar-refractivity contribution in [2.24, 2.45) is 0 Å². The number of sulfonamides is 1. The molecule has 0 spiro atoms. The number of fused-ring (bicyclic) bond motifs is 1. The zero-order valence-electron chi connectivity index (χ0n) is 16.1. The van der Waals surface area contributed by atoms with Crippen molar-refractivity contribution in [1.29, 1.82) is 0 Å². The van der Waals surface area contributed by atoms with Crippen LogP contribution in [0.25, 0.3) is 0 Å². The Morgan fingerprint density at radius 1 is 1.37 bits per heavy atom. The zero-order chi connectivity index (χ0) is 19.8. The first-order valence-corrected chi connectivity index (χ1v) is 11.4. The number of amides is 1. The molecule has 1 aliphatic carbocycles. The highest BCUT2D eigenvalue weighted by Gasteiger charge is 2.31. The van der Waals surface area contributed by atoms with E-state index in [0.29, 0.717) is 12.1 Å². The van der Waals surface area contributed by atoms with Gasteiger partial charge in [-0.05, 0) is 50.8 Å². The average molecular weight is 408 g/mol. The number of nitrogens with zero attached hydrogens (tertiary/aromatic N) is 2. The third-order valence-electron chi connectivity index (χ3n) is 4.90. The van der Waals surface area contributed by atoms with Gasteiger partial charge in [0.25, 0.3) is 5.91 Å². The van der Waals surface area contributed by atoms with E-state index < -0.39 is 10.0 Å². The van der Waals surface area contributed by atoms with E-state index in [-0.39, 0.29) is 16.8 Å². The molecule has 0 unspecified atom stereocenters. The number of nitrogens with one attached hydrogen (secondary N) is 1. The van der Waals surface area contributed by atoms with Gasteiger partial charge in [-0.15, -0.1) is 11.3 Å². The van der Waals surface area contributed by atoms with E-state index in [1.807, 2.05) is 13.8 Å². The van der Waals surface area contributed by atoms with E-state index in [1.54, 1.807) is 36.3 Å². The summed E-state index contributed by atoms with van der Waals surface area (Å²) < 4.78 is 27.1. The lowest BCUT2D eigenvalue weighted by molar-refractivity contribution is 0.0717. The monoisotopic (exact) mass is 407 g/mol. The number of rotatable bonds is 5. The van der Waals surface area contributed by atoms with Crippen LogP contribution >= 0.6 is 11.3 Å². The molecule has 1 amide bonds. The van der Waals surface area contributed by atoms with Gasteiger partial charge in [0, 0.05) is 19.2 Å². The molecule has 1 atom stereocenters. The maximum atomic E-state index is 13.2. The van der Waals surface area contributed by atoms with Crippen molar-refractivity contribution < 1.29 is 13.2 Å². The third kappa shape index (κ3) is 3.93. The van der Waals surface area contributed by atoms with Crippen LogP contribution in [0.4, 0.5) is 0 Å². The maximum Gasteiger partial charge on any atom is 0.254 e. The molecule has 1 heterocycles. The third-order valence-corrected chi connectivity index (χ3v) is 7.56. The van der Waals surface area contributed by atoms with Crippen LogP contribution in [0.1, 0.15) is 57.3 Å². The lowest BCUT2D eigenvalue weighted by Crippen LogP contribution is -2.33. The molecule has 3 rings (SSSR count). The zero-order valence-corrected chi connectivity index (χ0v) is 17.7. The van der Waals surface area contributed by atoms with Crippen molar-refractivity contribution >= 4 is 27.3 Å². The number of thiazole rings is 1. The Labute approximate surface area is 164 Å². The van der Waals surface area contributed by atoms with Gasteiger partial charge in [-0.1, -0.05) is 13.0 Å². The van der Waals surface area contributed by atoms with Crippen LogP contribution in [-0.2, 0) is 16.4 Å². The standard InChI is InChI=1S/C19H25N3O3S2/c1-5-20-27(24,25)14-10-9-12(2)15(11-14)19(23)22(4)17-8-6-7-16-18(17)26-13(3)21-16/h9-11,17,20H,5-8H2,1-4H3/t17-/m1/s1. The molecule has 2 aromatic rings. The van der Waals surface area contributed by atoms with Gasteiger partial charge in [-0.25, -0.2) is 18.1 Å². The molecular weight excluding hydrogens is 382 g/mol. The van der Waals surface area contributed by atoms with Crippen molar-refractivity contribution in [2.75, 3.05) is 13.6 Å². The summed E-state index contributed by atoms with van der Waals surface area (Å²) in [6, 6.07) is 4.69. The van der Waals surface area contributed by atoms with Crippen LogP contribution in [0.3, 0.4) is 0 Å². The Balaban J connectivity index is 1.94. The van der Waals surface area contributed by atoms with Crippen molar-refractivity contribution in [3.63, 3.8) is 0 Å². The van der Waals surface area contributed by atoms with Crippen LogP contribution < -0.4 is 4.72 Å². The molecule has 1 aliphatic rings. The van der Waals surface area contributed by atoms with Gasteiger partial charge in [0.2, 0.25) is 10.0 Å². The Hall–Kier alpha value is -1.77. The van der Waals surface area contributed by atoms with Crippen molar-refractivity contribution in [2.45, 2.75) is 51.0 Å². The predicted octanol–water partition coefficient (Wildman–Crippen LogP) is 3.21. The van der Waals surface area contributed by atoms with Crippen LogP contribution in [0, 0.1) is 13.8 Å². The molecular formula is C19H25N3O3S2. The largest absolute Gasteiger partial charge is 0.334 e. The summed E-state index contributed by atoms with van der Waals surface area (Å²) >= 11 is 1.65. The summed E-state index contributed by atoms with van der Waals surface area (Å²) in [5, 5.41) is 1.02. The molecule has 0 aliphatic heterocycles. The summed E-state index contributed by atoms with van der Waals surface area (Å²) in [5.74, 6) is -0.162. The van der Waals surface area contributed by atoms with Crippen LogP contribution in [0.15, 0.2) is 23.1 Å². The van der Waals surface area contributed by atoms with E-state index >= 15 is 0 Å². The molecule has 1 aromatic carbocycles. The van der Waals surface area contributed by atoms with Gasteiger partial charge in [-0.3, -0.25) is 4.79 Å². The predicted molar refractivity (Wildman–Crippen MR) is 107 cm³/mol. The number of hydrogen-bond donors (Lipinski definition) is 1. The lowest BCUT2D eigenvalue weighted by Gasteiger charge is -2.31. The summed E-state index contributed by atoms with van der Waals surface area (Å²) in [5.41, 5.74) is 2.28. The Bertz CT molecular complexity index is 967. The topological polar surface area (TPSA) is 79.4 Å². The second-order valence-electron chi connectivity index (χ2n) is 6.85. The Kier molecular flexibility index (Phi) is 5.69. The molecule has 8 heteroatoms. The fourth-order valence-corrected chi connectivity index (χ4v) is 5.71. The number of benzene rings is 1. The average Bonchev–Trinajstić information content (AvgIpc) is 3.00. The van der Waals surface area contributed by atoms with Crippen LogP contribution in [-0.4, -0.2) is 37.8 Å². The molecule has 1 aromatic heterocycles. The molecule has 0 bridgehead atoms. The SMILES string of the molecule is CCNS(=O)(=O)c1ccc(C)c(C(=O)N(C)[C@@H]2CCCc3nc(C)sc32)c1. The highest BCUT2D eigenvalue weighted by Crippen LogP contribution is 2.38. The van der Waals surface area contributed by atoms with E-state index in [4.69, 9.17) is 0 Å². The van der Waals surface area contributed by atoms with Gasteiger partial charge >= 0.3 is 0 Å². The molecule has 27 heavy (non-hydrogen) atoms. The number of hydrogen-bond acceptors (Lipinski definition) is 5. The van der Waals surface area contributed by atoms with Crippen LogP contribution in [0.2, 0.25) is 0 Å². The second kappa shape index (κ2) is 7.69. The summed E-state index contributed by atoms with van der Waals surface area (Å²) in [6.45, 7) is 5.84. The molecule has 0 fully saturated rings. The van der Waals surface area contributed by atoms with Gasteiger partial charge in [-0.2, -0.15) is 0 Å². The maximum absolute atomic E-state index is 13.2. The van der Waals surface area contributed by atoms with E-state index in [0.717, 1.165) is 40.4 Å². The van der Waals surface area contributed by atoms with E-state index in [2.05, 4.69) is 9.71 Å². The van der Waals surface area contributed by atoms with E-state index in [9.17, 15) is 13.2 Å². The first kappa shape index (κ1) is 20.0. The Morgan fingerprint density at radius 3 is 2.81 bits per heavy atom. The molecule has 1 N–H and O–H groups in total. The van der Waals surface area contributed by atoms with Crippen molar-refractivity contribution in [3.05, 3.63) is 44.9 Å². The van der Waals surface area contributed by atoms with Gasteiger partial charge in [0.15, 0.2) is 0 Å². The number of carbonyl (C=O) groups is 1. The number of aromatic nitrogens is 1. The number of aryl methyl sites for hydroxylation is 3. The minimum absolute atomic E-state index is 0.0131. The highest BCUT2D eigenvalue weighted by molar-refractivity contribution is 7.89. The quantitative estimate of drug-likeness (QED) is 0.825. The summed E-state index contributed by atoms with van der Waals surface area (Å²) in [6.07, 6.45) is 2.84. The van der Waals surface area contributed by atoms with Gasteiger partial charge in [0.05, 0.1) is 26.5 Å². The van der Waals surface area contributed by atoms with Gasteiger partial charge in [0.1, 0.15) is 0 Å². The summed E-state index contributed by atoms with van der Waals surface area (Å²) in [4.78, 5) is 20.8. The molecule has 6 nitrogen and oxygen atoms in total. The van der Waals surface area contributed by atoms with E-state index in [1.165, 1.54) is 12.1 Å². The normalized spacial score (nSPS) is 16.8.